The fourth-order valence-electron chi connectivity index (χ4n) is 4.52. The van der Waals surface area contributed by atoms with E-state index in [0.717, 1.165) is 41.8 Å². The van der Waals surface area contributed by atoms with Gasteiger partial charge in [-0.3, -0.25) is 0 Å². The normalized spacial score (nSPS) is 17.6. The van der Waals surface area contributed by atoms with Crippen LogP contribution in [-0.4, -0.2) is 37.8 Å². The molecule has 0 unspecified atom stereocenters. The Morgan fingerprint density at radius 2 is 2.00 bits per heavy atom. The zero-order chi connectivity index (χ0) is 20.9. The van der Waals surface area contributed by atoms with Crippen molar-refractivity contribution in [3.05, 3.63) is 47.7 Å². The van der Waals surface area contributed by atoms with Crippen molar-refractivity contribution in [2.75, 3.05) is 37.0 Å². The van der Waals surface area contributed by atoms with E-state index in [1.54, 1.807) is 18.3 Å². The van der Waals surface area contributed by atoms with Crippen molar-refractivity contribution < 1.29 is 14.3 Å². The number of esters is 1. The number of nitrogens with zero attached hydrogens (tertiary/aromatic N) is 2. The number of methoxy groups -OCH3 is 1. The third-order valence-electron chi connectivity index (χ3n) is 6.21. The second-order valence-corrected chi connectivity index (χ2v) is 8.28. The van der Waals surface area contributed by atoms with Crippen LogP contribution < -0.4 is 15.0 Å². The van der Waals surface area contributed by atoms with E-state index < -0.39 is 0 Å². The van der Waals surface area contributed by atoms with Crippen LogP contribution in [0.2, 0.25) is 0 Å². The van der Waals surface area contributed by atoms with Crippen LogP contribution >= 0.6 is 0 Å². The molecular weight excluding hydrogens is 378 g/mol. The van der Waals surface area contributed by atoms with Gasteiger partial charge in [0.1, 0.15) is 18.0 Å². The zero-order valence-electron chi connectivity index (χ0n) is 17.9. The van der Waals surface area contributed by atoms with Crippen LogP contribution in [0.4, 0.5) is 11.5 Å². The Morgan fingerprint density at radius 3 is 2.73 bits per heavy atom. The molecule has 1 fully saturated rings. The largest absolute Gasteiger partial charge is 0.489 e. The Morgan fingerprint density at radius 1 is 1.23 bits per heavy atom. The Balaban J connectivity index is 1.52. The summed E-state index contributed by atoms with van der Waals surface area (Å²) in [6.07, 6.45) is 8.50. The highest BCUT2D eigenvalue weighted by molar-refractivity contribution is 5.89. The fourth-order valence-corrected chi connectivity index (χ4v) is 4.52. The maximum atomic E-state index is 11.7. The molecule has 6 heteroatoms. The van der Waals surface area contributed by atoms with Gasteiger partial charge in [0.2, 0.25) is 0 Å². The molecule has 2 aliphatic rings. The second kappa shape index (κ2) is 9.37. The highest BCUT2D eigenvalue weighted by Crippen LogP contribution is 2.39. The number of hydrogen-bond donors (Lipinski definition) is 1. The summed E-state index contributed by atoms with van der Waals surface area (Å²) in [6.45, 7) is 4.78. The number of ether oxygens (including phenoxy) is 2. The summed E-state index contributed by atoms with van der Waals surface area (Å²) in [4.78, 5) is 18.8. The first kappa shape index (κ1) is 20.5. The van der Waals surface area contributed by atoms with Gasteiger partial charge in [-0.25, -0.2) is 9.78 Å². The summed E-state index contributed by atoms with van der Waals surface area (Å²) in [6, 6.07) is 9.50. The molecule has 0 amide bonds. The third kappa shape index (κ3) is 4.53. The van der Waals surface area contributed by atoms with E-state index >= 15 is 0 Å². The van der Waals surface area contributed by atoms with Crippen LogP contribution in [0, 0.1) is 5.92 Å². The van der Waals surface area contributed by atoms with Crippen LogP contribution in [0.1, 0.15) is 61.0 Å². The monoisotopic (exact) mass is 409 g/mol. The molecule has 0 bridgehead atoms. The number of benzene rings is 1. The number of pyridine rings is 1. The Labute approximate surface area is 178 Å². The quantitative estimate of drug-likeness (QED) is 0.690. The predicted molar refractivity (Wildman–Crippen MR) is 118 cm³/mol. The Kier molecular flexibility index (Phi) is 6.41. The van der Waals surface area contributed by atoms with E-state index in [1.165, 1.54) is 39.2 Å². The second-order valence-electron chi connectivity index (χ2n) is 8.28. The summed E-state index contributed by atoms with van der Waals surface area (Å²) < 4.78 is 10.7. The van der Waals surface area contributed by atoms with Crippen LogP contribution in [-0.2, 0) is 4.74 Å². The molecule has 160 valence electrons. The number of carbonyl (C=O) groups is 1. The highest BCUT2D eigenvalue weighted by atomic mass is 16.5. The van der Waals surface area contributed by atoms with E-state index in [2.05, 4.69) is 22.1 Å². The van der Waals surface area contributed by atoms with Crippen LogP contribution in [0.5, 0.6) is 5.75 Å². The van der Waals surface area contributed by atoms with Crippen molar-refractivity contribution in [1.82, 2.24) is 4.98 Å². The number of anilines is 2. The van der Waals surface area contributed by atoms with Crippen molar-refractivity contribution in [1.29, 1.82) is 0 Å². The van der Waals surface area contributed by atoms with E-state index in [4.69, 9.17) is 9.47 Å². The molecule has 1 aliphatic heterocycles. The lowest BCUT2D eigenvalue weighted by Crippen LogP contribution is -2.37. The molecule has 2 heterocycles. The number of fused-ring (bicyclic) bond motifs is 1. The van der Waals surface area contributed by atoms with Crippen molar-refractivity contribution in [3.63, 3.8) is 0 Å². The summed E-state index contributed by atoms with van der Waals surface area (Å²) in [5.74, 6) is 2.19. The first-order valence-corrected chi connectivity index (χ1v) is 11.0. The topological polar surface area (TPSA) is 63.7 Å². The van der Waals surface area contributed by atoms with Gasteiger partial charge in [0.25, 0.3) is 0 Å². The fraction of sp³-hybridized carbons (Fsp3) is 0.500. The smallest absolute Gasteiger partial charge is 0.337 e. The lowest BCUT2D eigenvalue weighted by molar-refractivity contribution is 0.0600. The molecule has 1 aromatic heterocycles. The van der Waals surface area contributed by atoms with E-state index in [0.29, 0.717) is 12.2 Å². The first-order valence-electron chi connectivity index (χ1n) is 11.0. The van der Waals surface area contributed by atoms with Gasteiger partial charge in [0.05, 0.1) is 25.3 Å². The van der Waals surface area contributed by atoms with E-state index in [9.17, 15) is 4.79 Å². The van der Waals surface area contributed by atoms with Gasteiger partial charge in [-0.1, -0.05) is 31.4 Å². The van der Waals surface area contributed by atoms with Gasteiger partial charge in [0.15, 0.2) is 5.82 Å². The summed E-state index contributed by atoms with van der Waals surface area (Å²) >= 11 is 0. The average molecular weight is 410 g/mol. The van der Waals surface area contributed by atoms with Gasteiger partial charge < -0.3 is 19.7 Å². The number of rotatable bonds is 6. The SMILES string of the molecule is COC(=O)c1ccc([C@H](C)Nc2nccc3c2N(CC2CCCCC2)CCO3)cc1. The highest BCUT2D eigenvalue weighted by Gasteiger charge is 2.26. The minimum atomic E-state index is -0.323. The van der Waals surface area contributed by atoms with Gasteiger partial charge in [0, 0.05) is 18.8 Å². The number of hydrogen-bond acceptors (Lipinski definition) is 6. The number of aromatic nitrogens is 1. The zero-order valence-corrected chi connectivity index (χ0v) is 17.9. The van der Waals surface area contributed by atoms with E-state index in [1.807, 2.05) is 18.2 Å². The first-order chi connectivity index (χ1) is 14.7. The van der Waals surface area contributed by atoms with Crippen LogP contribution in [0.3, 0.4) is 0 Å². The van der Waals surface area contributed by atoms with Crippen molar-refractivity contribution in [2.24, 2.45) is 5.92 Å². The number of nitrogens with one attached hydrogen (secondary N) is 1. The minimum absolute atomic E-state index is 0.0363. The molecule has 1 atom stereocenters. The Bertz CT molecular complexity index is 862. The standard InChI is InChI=1S/C24H31N3O3/c1-17(19-8-10-20(11-9-19)24(28)29-2)26-23-22-21(12-13-25-23)30-15-14-27(22)16-18-6-4-3-5-7-18/h8-13,17-18H,3-7,14-16H2,1-2H3,(H,25,26)/t17-/m0/s1. The summed E-state index contributed by atoms with van der Waals surface area (Å²) in [7, 11) is 1.39. The summed E-state index contributed by atoms with van der Waals surface area (Å²) in [5.41, 5.74) is 2.71. The number of carbonyl (C=O) groups excluding carboxylic acids is 1. The predicted octanol–water partition coefficient (Wildman–Crippen LogP) is 4.82. The van der Waals surface area contributed by atoms with Crippen molar-refractivity contribution in [2.45, 2.75) is 45.1 Å². The van der Waals surface area contributed by atoms with Crippen LogP contribution in [0.15, 0.2) is 36.5 Å². The molecule has 1 aromatic carbocycles. The van der Waals surface area contributed by atoms with Gasteiger partial charge >= 0.3 is 5.97 Å². The Hall–Kier alpha value is -2.76. The van der Waals surface area contributed by atoms with Gasteiger partial charge in [-0.2, -0.15) is 0 Å². The molecule has 2 aromatic rings. The average Bonchev–Trinajstić information content (AvgIpc) is 2.79. The van der Waals surface area contributed by atoms with E-state index in [-0.39, 0.29) is 12.0 Å². The van der Waals surface area contributed by atoms with Crippen LogP contribution in [0.25, 0.3) is 0 Å². The minimum Gasteiger partial charge on any atom is -0.489 e. The lowest BCUT2D eigenvalue weighted by atomic mass is 9.89. The molecule has 1 N–H and O–H groups in total. The van der Waals surface area contributed by atoms with Crippen molar-refractivity contribution in [3.8, 4) is 5.75 Å². The maximum absolute atomic E-state index is 11.7. The molecule has 1 saturated carbocycles. The third-order valence-corrected chi connectivity index (χ3v) is 6.21. The summed E-state index contributed by atoms with van der Waals surface area (Å²) in [5, 5.41) is 3.57. The molecule has 30 heavy (non-hydrogen) atoms. The molecule has 6 nitrogen and oxygen atoms in total. The molecule has 4 rings (SSSR count). The molecule has 1 aliphatic carbocycles. The molecule has 0 spiro atoms. The van der Waals surface area contributed by atoms with Gasteiger partial charge in [-0.05, 0) is 43.4 Å². The van der Waals surface area contributed by atoms with Gasteiger partial charge in [-0.15, -0.1) is 0 Å². The molecule has 0 saturated heterocycles. The molecular formula is C24H31N3O3. The molecule has 0 radical (unpaired) electrons. The maximum Gasteiger partial charge on any atom is 0.337 e. The van der Waals surface area contributed by atoms with Crippen molar-refractivity contribution >= 4 is 17.5 Å². The lowest BCUT2D eigenvalue weighted by Gasteiger charge is -2.36.